The Morgan fingerprint density at radius 1 is 0.718 bits per heavy atom. The minimum atomic E-state index is -0.613. The molecule has 212 valence electrons. The van der Waals surface area contributed by atoms with Gasteiger partial charge in [0.2, 0.25) is 0 Å². The van der Waals surface area contributed by atoms with E-state index in [2.05, 4.69) is 13.8 Å². The predicted octanol–water partition coefficient (Wildman–Crippen LogP) is 5.95. The van der Waals surface area contributed by atoms with Crippen LogP contribution >= 0.6 is 23.5 Å². The Labute approximate surface area is 239 Å². The number of ether oxygens (including phenoxy) is 3. The molecule has 1 N–H and O–H groups in total. The number of esters is 3. The van der Waals surface area contributed by atoms with Crippen molar-refractivity contribution in [3.63, 3.8) is 0 Å². The Morgan fingerprint density at radius 2 is 1.15 bits per heavy atom. The second-order valence-corrected chi connectivity index (χ2v) is 12.4. The van der Waals surface area contributed by atoms with E-state index >= 15 is 0 Å². The zero-order chi connectivity index (χ0) is 28.5. The molecule has 0 amide bonds. The van der Waals surface area contributed by atoms with E-state index in [0.29, 0.717) is 21.6 Å². The van der Waals surface area contributed by atoms with Gasteiger partial charge >= 0.3 is 17.9 Å². The van der Waals surface area contributed by atoms with Gasteiger partial charge in [-0.15, -0.1) is 23.5 Å². The van der Waals surface area contributed by atoms with Crippen LogP contribution < -0.4 is 0 Å². The maximum absolute atomic E-state index is 12.2. The van der Waals surface area contributed by atoms with Crippen LogP contribution in [-0.2, 0) is 19.0 Å². The normalized spacial score (nSPS) is 29.6. The van der Waals surface area contributed by atoms with Gasteiger partial charge in [0.25, 0.3) is 0 Å². The smallest absolute Gasteiger partial charge is 0.338 e. The molecule has 7 nitrogen and oxygen atoms in total. The Kier molecular flexibility index (Phi) is 11.8. The lowest BCUT2D eigenvalue weighted by Crippen LogP contribution is -2.33. The standard InChI is InChI=1S/C16H20O4S.C14H18O3S/c1-4-13-10(2)14(16(21-13)19-11(3)17)20-15(18)12-8-6-5-7-9-12;1-3-11-9(2)12(14(16)18-11)17-13(15)10-7-5-4-6-8-10/h5-10,13-14,16H,4H2,1-3H3;4-9,11-12,14,16H,3H2,1-2H3/t10-,13-,14-,16-;9-,11-,12-,14?/m11/s1. The minimum absolute atomic E-state index is 0.150. The van der Waals surface area contributed by atoms with E-state index in [9.17, 15) is 19.5 Å². The summed E-state index contributed by atoms with van der Waals surface area (Å²) in [5.41, 5.74) is 0.00537. The van der Waals surface area contributed by atoms with Crippen LogP contribution in [0, 0.1) is 11.8 Å². The molecule has 0 aromatic heterocycles. The predicted molar refractivity (Wildman–Crippen MR) is 155 cm³/mol. The van der Waals surface area contributed by atoms with Crippen LogP contribution in [0.5, 0.6) is 0 Å². The van der Waals surface area contributed by atoms with Crippen LogP contribution in [0.3, 0.4) is 0 Å². The number of carbonyl (C=O) groups is 3. The molecule has 8 atom stereocenters. The highest BCUT2D eigenvalue weighted by Gasteiger charge is 2.45. The van der Waals surface area contributed by atoms with Gasteiger partial charge in [-0.3, -0.25) is 4.79 Å². The molecule has 1 unspecified atom stereocenters. The molecule has 0 bridgehead atoms. The van der Waals surface area contributed by atoms with Crippen molar-refractivity contribution in [2.24, 2.45) is 11.8 Å². The number of benzene rings is 2. The number of hydrogen-bond acceptors (Lipinski definition) is 9. The van der Waals surface area contributed by atoms with Gasteiger partial charge in [-0.1, -0.05) is 64.1 Å². The van der Waals surface area contributed by atoms with Crippen LogP contribution in [-0.4, -0.2) is 56.6 Å². The van der Waals surface area contributed by atoms with Gasteiger partial charge in [0.05, 0.1) is 11.1 Å². The first-order valence-electron chi connectivity index (χ1n) is 13.3. The van der Waals surface area contributed by atoms with Gasteiger partial charge < -0.3 is 19.3 Å². The molecule has 2 aromatic rings. The fourth-order valence-electron chi connectivity index (χ4n) is 4.74. The lowest BCUT2D eigenvalue weighted by molar-refractivity contribution is -0.146. The van der Waals surface area contributed by atoms with Crippen molar-refractivity contribution < 1.29 is 33.7 Å². The molecule has 2 saturated heterocycles. The Hall–Kier alpha value is -2.49. The molecule has 2 aromatic carbocycles. The zero-order valence-electron chi connectivity index (χ0n) is 23.0. The summed E-state index contributed by atoms with van der Waals surface area (Å²) in [7, 11) is 0. The van der Waals surface area contributed by atoms with Crippen molar-refractivity contribution in [3.8, 4) is 0 Å². The van der Waals surface area contributed by atoms with Crippen molar-refractivity contribution in [3.05, 3.63) is 71.8 Å². The first kappa shape index (κ1) is 31.0. The van der Waals surface area contributed by atoms with Crippen LogP contribution in [0.2, 0.25) is 0 Å². The lowest BCUT2D eigenvalue weighted by Gasteiger charge is -2.22. The van der Waals surface area contributed by atoms with Gasteiger partial charge in [-0.2, -0.15) is 0 Å². The van der Waals surface area contributed by atoms with E-state index < -0.39 is 23.1 Å². The van der Waals surface area contributed by atoms with E-state index in [1.165, 1.54) is 18.7 Å². The third-order valence-corrected chi connectivity index (χ3v) is 10.4. The van der Waals surface area contributed by atoms with Crippen LogP contribution in [0.4, 0.5) is 0 Å². The molecule has 2 aliphatic heterocycles. The molecule has 0 radical (unpaired) electrons. The average Bonchev–Trinajstić information content (AvgIpc) is 3.38. The molecule has 4 rings (SSSR count). The summed E-state index contributed by atoms with van der Waals surface area (Å²) in [6, 6.07) is 17.8. The SMILES string of the molecule is CC[C@H]1SC(O)[C@H](OC(=O)c2ccccc2)[C@@H]1C.CC[C@H]1S[C@@H](OC(C)=O)[C@H](OC(=O)c2ccccc2)[C@@H]1C. The number of aliphatic hydroxyl groups excluding tert-OH is 1. The summed E-state index contributed by atoms with van der Waals surface area (Å²) < 4.78 is 16.4. The molecular formula is C30H38O7S2. The van der Waals surface area contributed by atoms with Crippen LogP contribution in [0.15, 0.2) is 60.7 Å². The molecule has 0 aliphatic carbocycles. The van der Waals surface area contributed by atoms with Crippen molar-refractivity contribution in [1.82, 2.24) is 0 Å². The summed E-state index contributed by atoms with van der Waals surface area (Å²) in [5.74, 6) is -0.748. The zero-order valence-corrected chi connectivity index (χ0v) is 24.7. The van der Waals surface area contributed by atoms with E-state index in [1.54, 1.807) is 60.3 Å². The Balaban J connectivity index is 0.000000218. The number of rotatable bonds is 7. The number of carbonyl (C=O) groups excluding carboxylic acids is 3. The molecule has 2 aliphatic rings. The molecule has 39 heavy (non-hydrogen) atoms. The molecule has 2 fully saturated rings. The van der Waals surface area contributed by atoms with Crippen molar-refractivity contribution in [1.29, 1.82) is 0 Å². The quantitative estimate of drug-likeness (QED) is 0.317. The summed E-state index contributed by atoms with van der Waals surface area (Å²) >= 11 is 3.07. The number of thioether (sulfide) groups is 2. The van der Waals surface area contributed by atoms with Crippen LogP contribution in [0.25, 0.3) is 0 Å². The van der Waals surface area contributed by atoms with E-state index in [-0.39, 0.29) is 29.7 Å². The fourth-order valence-corrected chi connectivity index (χ4v) is 7.74. The molecule has 2 heterocycles. The Bertz CT molecular complexity index is 1080. The topological polar surface area (TPSA) is 99.1 Å². The van der Waals surface area contributed by atoms with Crippen molar-refractivity contribution >= 4 is 41.4 Å². The number of aliphatic hydroxyl groups is 1. The summed E-state index contributed by atoms with van der Waals surface area (Å²) in [6.07, 6.45) is 1.11. The second kappa shape index (κ2) is 14.8. The van der Waals surface area contributed by atoms with Gasteiger partial charge in [0.1, 0.15) is 11.5 Å². The summed E-state index contributed by atoms with van der Waals surface area (Å²) in [5, 5.41) is 10.6. The third kappa shape index (κ3) is 8.25. The third-order valence-electron chi connectivity index (χ3n) is 6.97. The Morgan fingerprint density at radius 3 is 1.59 bits per heavy atom. The minimum Gasteiger partial charge on any atom is -0.455 e. The largest absolute Gasteiger partial charge is 0.455 e. The van der Waals surface area contributed by atoms with E-state index in [4.69, 9.17) is 14.2 Å². The lowest BCUT2D eigenvalue weighted by atomic mass is 9.99. The van der Waals surface area contributed by atoms with Gasteiger partial charge in [-0.05, 0) is 37.1 Å². The maximum Gasteiger partial charge on any atom is 0.338 e. The molecule has 0 saturated carbocycles. The average molecular weight is 575 g/mol. The molecule has 0 spiro atoms. The van der Waals surface area contributed by atoms with Gasteiger partial charge in [-0.25, -0.2) is 9.59 Å². The fraction of sp³-hybridized carbons (Fsp3) is 0.500. The maximum atomic E-state index is 12.2. The molecule has 9 heteroatoms. The monoisotopic (exact) mass is 574 g/mol. The first-order valence-corrected chi connectivity index (χ1v) is 15.2. The highest BCUT2D eigenvalue weighted by molar-refractivity contribution is 8.00. The van der Waals surface area contributed by atoms with E-state index in [1.807, 2.05) is 26.0 Å². The molecular weight excluding hydrogens is 536 g/mol. The first-order chi connectivity index (χ1) is 18.7. The highest BCUT2D eigenvalue weighted by atomic mass is 32.2. The number of hydrogen-bond donors (Lipinski definition) is 1. The summed E-state index contributed by atoms with van der Waals surface area (Å²) in [4.78, 5) is 35.4. The van der Waals surface area contributed by atoms with Crippen LogP contribution in [0.1, 0.15) is 68.2 Å². The van der Waals surface area contributed by atoms with Crippen molar-refractivity contribution in [2.45, 2.75) is 81.0 Å². The second-order valence-electron chi connectivity index (χ2n) is 9.72. The van der Waals surface area contributed by atoms with E-state index in [0.717, 1.165) is 12.8 Å². The summed E-state index contributed by atoms with van der Waals surface area (Å²) in [6.45, 7) is 9.61. The van der Waals surface area contributed by atoms with Crippen molar-refractivity contribution in [2.75, 3.05) is 0 Å². The van der Waals surface area contributed by atoms with Gasteiger partial charge in [0.15, 0.2) is 11.5 Å². The van der Waals surface area contributed by atoms with Gasteiger partial charge in [0, 0.05) is 29.3 Å². The highest BCUT2D eigenvalue weighted by Crippen LogP contribution is 2.43.